The molecule has 0 fully saturated rings. The molecule has 1 amide bonds. The van der Waals surface area contributed by atoms with Crippen LogP contribution in [0.3, 0.4) is 0 Å². The quantitative estimate of drug-likeness (QED) is 0.803. The maximum Gasteiger partial charge on any atom is 0.241 e. The van der Waals surface area contributed by atoms with Gasteiger partial charge in [-0.2, -0.15) is 0 Å². The lowest BCUT2D eigenvalue weighted by atomic mass is 10.2. The van der Waals surface area contributed by atoms with Gasteiger partial charge in [-0.25, -0.2) is 12.8 Å². The zero-order valence-corrected chi connectivity index (χ0v) is 15.5. The SMILES string of the molecule is CS(=O)(=O)N(CC(=O)NCc1ccc(Cl)cc1Cl)c1ccc(F)cc1. The number of benzene rings is 2. The summed E-state index contributed by atoms with van der Waals surface area (Å²) < 4.78 is 37.8. The Bertz CT molecular complexity index is 873. The Kier molecular flexibility index (Phi) is 6.26. The first-order valence-electron chi connectivity index (χ1n) is 7.11. The van der Waals surface area contributed by atoms with Crippen molar-refractivity contribution in [3.63, 3.8) is 0 Å². The predicted octanol–water partition coefficient (Wildman–Crippen LogP) is 3.21. The number of amides is 1. The van der Waals surface area contributed by atoms with E-state index < -0.39 is 28.3 Å². The van der Waals surface area contributed by atoms with E-state index in [1.807, 2.05) is 0 Å². The molecule has 9 heteroatoms. The molecule has 5 nitrogen and oxygen atoms in total. The standard InChI is InChI=1S/C16H15Cl2FN2O3S/c1-25(23,24)21(14-6-4-13(19)5-7-14)10-16(22)20-9-11-2-3-12(17)8-15(11)18/h2-8H,9-10H2,1H3,(H,20,22). The van der Waals surface area contributed by atoms with E-state index >= 15 is 0 Å². The number of rotatable bonds is 6. The van der Waals surface area contributed by atoms with Crippen LogP contribution in [0, 0.1) is 5.82 Å². The Morgan fingerprint density at radius 2 is 1.80 bits per heavy atom. The van der Waals surface area contributed by atoms with E-state index in [1.54, 1.807) is 18.2 Å². The summed E-state index contributed by atoms with van der Waals surface area (Å²) in [6.07, 6.45) is 0.972. The van der Waals surface area contributed by atoms with Gasteiger partial charge in [0, 0.05) is 16.6 Å². The lowest BCUT2D eigenvalue weighted by Crippen LogP contribution is -2.40. The van der Waals surface area contributed by atoms with Gasteiger partial charge >= 0.3 is 0 Å². The summed E-state index contributed by atoms with van der Waals surface area (Å²) in [6.45, 7) is -0.314. The van der Waals surface area contributed by atoms with Gasteiger partial charge in [0.1, 0.15) is 12.4 Å². The summed E-state index contributed by atoms with van der Waals surface area (Å²) in [6, 6.07) is 9.68. The van der Waals surface area contributed by atoms with Crippen LogP contribution in [-0.4, -0.2) is 27.1 Å². The van der Waals surface area contributed by atoms with Crippen LogP contribution in [0.2, 0.25) is 10.0 Å². The van der Waals surface area contributed by atoms with Crippen LogP contribution in [-0.2, 0) is 21.4 Å². The molecule has 0 saturated heterocycles. The first kappa shape index (κ1) is 19.5. The van der Waals surface area contributed by atoms with Crippen molar-refractivity contribution in [1.29, 1.82) is 0 Å². The lowest BCUT2D eigenvalue weighted by Gasteiger charge is -2.22. The van der Waals surface area contributed by atoms with Gasteiger partial charge in [-0.15, -0.1) is 0 Å². The van der Waals surface area contributed by atoms with Gasteiger partial charge in [-0.3, -0.25) is 9.10 Å². The maximum absolute atomic E-state index is 13.0. The first-order chi connectivity index (χ1) is 11.7. The molecule has 0 aliphatic rings. The van der Waals surface area contributed by atoms with Gasteiger partial charge in [0.25, 0.3) is 0 Å². The lowest BCUT2D eigenvalue weighted by molar-refractivity contribution is -0.119. The molecule has 0 saturated carbocycles. The van der Waals surface area contributed by atoms with E-state index in [0.29, 0.717) is 15.6 Å². The Morgan fingerprint density at radius 3 is 2.36 bits per heavy atom. The monoisotopic (exact) mass is 404 g/mol. The molecule has 0 bridgehead atoms. The second kappa shape index (κ2) is 8.03. The Labute approximate surface area is 155 Å². The van der Waals surface area contributed by atoms with E-state index in [4.69, 9.17) is 23.2 Å². The minimum absolute atomic E-state index is 0.121. The van der Waals surface area contributed by atoms with Crippen LogP contribution in [0.25, 0.3) is 0 Å². The molecule has 134 valence electrons. The zero-order chi connectivity index (χ0) is 18.6. The number of nitrogens with one attached hydrogen (secondary N) is 1. The third-order valence-electron chi connectivity index (χ3n) is 3.29. The number of hydrogen-bond donors (Lipinski definition) is 1. The summed E-state index contributed by atoms with van der Waals surface area (Å²) in [5, 5.41) is 3.46. The molecule has 0 aliphatic carbocycles. The van der Waals surface area contributed by atoms with Gasteiger partial charge < -0.3 is 5.32 Å². The second-order valence-electron chi connectivity index (χ2n) is 5.26. The molecule has 2 aromatic rings. The summed E-state index contributed by atoms with van der Waals surface area (Å²) in [4.78, 5) is 12.1. The third-order valence-corrected chi connectivity index (χ3v) is 5.02. The van der Waals surface area contributed by atoms with Gasteiger partial charge in [-0.05, 0) is 42.0 Å². The molecule has 0 unspecified atom stereocenters. The largest absolute Gasteiger partial charge is 0.350 e. The molecule has 0 atom stereocenters. The summed E-state index contributed by atoms with van der Waals surface area (Å²) in [5.41, 5.74) is 0.843. The normalized spacial score (nSPS) is 11.2. The Hall–Kier alpha value is -1.83. The number of nitrogens with zero attached hydrogens (tertiary/aromatic N) is 1. The van der Waals surface area contributed by atoms with Crippen molar-refractivity contribution in [2.75, 3.05) is 17.1 Å². The highest BCUT2D eigenvalue weighted by Crippen LogP contribution is 2.21. The number of hydrogen-bond acceptors (Lipinski definition) is 3. The zero-order valence-electron chi connectivity index (χ0n) is 13.2. The van der Waals surface area contributed by atoms with Crippen LogP contribution in [0.1, 0.15) is 5.56 Å². The summed E-state index contributed by atoms with van der Waals surface area (Å²) in [5.74, 6) is -1.03. The number of anilines is 1. The maximum atomic E-state index is 13.0. The van der Waals surface area contributed by atoms with Crippen molar-refractivity contribution in [2.45, 2.75) is 6.54 Å². The highest BCUT2D eigenvalue weighted by atomic mass is 35.5. The number of carbonyl (C=O) groups is 1. The summed E-state index contributed by atoms with van der Waals surface area (Å²) in [7, 11) is -3.72. The minimum Gasteiger partial charge on any atom is -0.350 e. The smallest absolute Gasteiger partial charge is 0.241 e. The number of sulfonamides is 1. The van der Waals surface area contributed by atoms with E-state index in [9.17, 15) is 17.6 Å². The van der Waals surface area contributed by atoms with Crippen molar-refractivity contribution in [2.24, 2.45) is 0 Å². The molecule has 2 rings (SSSR count). The molecule has 0 aromatic heterocycles. The molecular formula is C16H15Cl2FN2O3S. The number of carbonyl (C=O) groups excluding carboxylic acids is 1. The summed E-state index contributed by atoms with van der Waals surface area (Å²) >= 11 is 11.8. The molecule has 2 aromatic carbocycles. The molecule has 0 radical (unpaired) electrons. The van der Waals surface area contributed by atoms with E-state index in [1.165, 1.54) is 12.1 Å². The highest BCUT2D eigenvalue weighted by Gasteiger charge is 2.20. The predicted molar refractivity (Wildman–Crippen MR) is 96.9 cm³/mol. The van der Waals surface area contributed by atoms with Crippen LogP contribution in [0.5, 0.6) is 0 Å². The Morgan fingerprint density at radius 1 is 1.16 bits per heavy atom. The van der Waals surface area contributed by atoms with Gasteiger partial charge in [0.05, 0.1) is 11.9 Å². The minimum atomic E-state index is -3.72. The van der Waals surface area contributed by atoms with Crippen molar-refractivity contribution in [3.8, 4) is 0 Å². The topological polar surface area (TPSA) is 66.5 Å². The fourth-order valence-corrected chi connectivity index (χ4v) is 3.38. The molecule has 0 spiro atoms. The molecule has 25 heavy (non-hydrogen) atoms. The first-order valence-corrected chi connectivity index (χ1v) is 9.71. The van der Waals surface area contributed by atoms with Gasteiger partial charge in [0.2, 0.25) is 15.9 Å². The van der Waals surface area contributed by atoms with Crippen molar-refractivity contribution >= 4 is 44.8 Å². The van der Waals surface area contributed by atoms with Crippen molar-refractivity contribution < 1.29 is 17.6 Å². The number of halogens is 3. The molecular weight excluding hydrogens is 390 g/mol. The Balaban J connectivity index is 2.08. The molecule has 0 aliphatic heterocycles. The van der Waals surface area contributed by atoms with Crippen LogP contribution in [0.4, 0.5) is 10.1 Å². The average Bonchev–Trinajstić information content (AvgIpc) is 2.52. The van der Waals surface area contributed by atoms with Gasteiger partial charge in [-0.1, -0.05) is 29.3 Å². The molecule has 1 N–H and O–H groups in total. The van der Waals surface area contributed by atoms with Crippen molar-refractivity contribution in [3.05, 3.63) is 63.9 Å². The van der Waals surface area contributed by atoms with E-state index in [-0.39, 0.29) is 12.2 Å². The fourth-order valence-electron chi connectivity index (χ4n) is 2.05. The van der Waals surface area contributed by atoms with Crippen LogP contribution < -0.4 is 9.62 Å². The van der Waals surface area contributed by atoms with Gasteiger partial charge in [0.15, 0.2) is 0 Å². The fraction of sp³-hybridized carbons (Fsp3) is 0.188. The average molecular weight is 405 g/mol. The third kappa shape index (κ3) is 5.59. The van der Waals surface area contributed by atoms with Crippen molar-refractivity contribution in [1.82, 2.24) is 5.32 Å². The van der Waals surface area contributed by atoms with Crippen LogP contribution in [0.15, 0.2) is 42.5 Å². The second-order valence-corrected chi connectivity index (χ2v) is 8.01. The van der Waals surface area contributed by atoms with Crippen LogP contribution >= 0.6 is 23.2 Å². The highest BCUT2D eigenvalue weighted by molar-refractivity contribution is 7.92. The molecule has 0 heterocycles. The van der Waals surface area contributed by atoms with E-state index in [0.717, 1.165) is 22.7 Å². The van der Waals surface area contributed by atoms with E-state index in [2.05, 4.69) is 5.32 Å².